The van der Waals surface area contributed by atoms with Gasteiger partial charge in [0, 0.05) is 18.7 Å². The first-order valence-electron chi connectivity index (χ1n) is 8.43. The Balaban J connectivity index is 1.72. The lowest BCUT2D eigenvalue weighted by molar-refractivity contribution is 0.0712. The lowest BCUT2D eigenvalue weighted by Gasteiger charge is -2.32. The van der Waals surface area contributed by atoms with Crippen molar-refractivity contribution in [2.45, 2.75) is 18.8 Å². The van der Waals surface area contributed by atoms with Gasteiger partial charge in [0.1, 0.15) is 0 Å². The van der Waals surface area contributed by atoms with Crippen molar-refractivity contribution in [2.75, 3.05) is 27.3 Å². The van der Waals surface area contributed by atoms with E-state index in [2.05, 4.69) is 24.3 Å². The Kier molecular flexibility index (Phi) is 5.12. The monoisotopic (exact) mass is 341 g/mol. The largest absolute Gasteiger partial charge is 0.502 e. The number of rotatable bonds is 4. The molecule has 0 radical (unpaired) electrons. The normalized spacial score (nSPS) is 15.0. The number of carbonyl (C=O) groups is 1. The number of aromatic hydroxyl groups is 1. The zero-order chi connectivity index (χ0) is 17.8. The number of amides is 1. The molecule has 132 valence electrons. The zero-order valence-electron chi connectivity index (χ0n) is 14.6. The minimum Gasteiger partial charge on any atom is -0.502 e. The summed E-state index contributed by atoms with van der Waals surface area (Å²) in [5, 5.41) is 9.99. The number of phenolic OH excluding ortho intramolecular Hbond substituents is 1. The van der Waals surface area contributed by atoms with Crippen LogP contribution in [-0.4, -0.2) is 43.2 Å². The predicted molar refractivity (Wildman–Crippen MR) is 95.5 cm³/mol. The third-order valence-corrected chi connectivity index (χ3v) is 4.78. The lowest BCUT2D eigenvalue weighted by atomic mass is 9.89. The first-order chi connectivity index (χ1) is 12.1. The number of methoxy groups -OCH3 is 2. The predicted octanol–water partition coefficient (Wildman–Crippen LogP) is 3.43. The van der Waals surface area contributed by atoms with E-state index in [0.717, 1.165) is 12.8 Å². The van der Waals surface area contributed by atoms with Crippen LogP contribution in [0.4, 0.5) is 0 Å². The molecule has 0 bridgehead atoms. The molecule has 0 unspecified atom stereocenters. The van der Waals surface area contributed by atoms with Gasteiger partial charge < -0.3 is 19.5 Å². The molecule has 5 heteroatoms. The van der Waals surface area contributed by atoms with Crippen LogP contribution in [0.25, 0.3) is 0 Å². The Morgan fingerprint density at radius 3 is 2.12 bits per heavy atom. The molecule has 0 aromatic heterocycles. The van der Waals surface area contributed by atoms with E-state index >= 15 is 0 Å². The smallest absolute Gasteiger partial charge is 0.254 e. The van der Waals surface area contributed by atoms with Crippen LogP contribution in [0.5, 0.6) is 17.2 Å². The van der Waals surface area contributed by atoms with E-state index in [1.54, 1.807) is 12.1 Å². The highest BCUT2D eigenvalue weighted by Gasteiger charge is 2.26. The number of benzene rings is 2. The molecule has 1 heterocycles. The van der Waals surface area contributed by atoms with Crippen LogP contribution in [0.15, 0.2) is 42.5 Å². The molecule has 2 aromatic rings. The van der Waals surface area contributed by atoms with E-state index in [1.165, 1.54) is 19.8 Å². The molecule has 1 amide bonds. The van der Waals surface area contributed by atoms with Crippen molar-refractivity contribution in [2.24, 2.45) is 0 Å². The minimum absolute atomic E-state index is 0.0666. The Morgan fingerprint density at radius 1 is 1.04 bits per heavy atom. The average Bonchev–Trinajstić information content (AvgIpc) is 2.68. The number of nitrogens with zero attached hydrogens (tertiary/aromatic N) is 1. The fourth-order valence-electron chi connectivity index (χ4n) is 3.34. The number of carbonyl (C=O) groups excluding carboxylic acids is 1. The summed E-state index contributed by atoms with van der Waals surface area (Å²) in [6.07, 6.45) is 1.89. The molecule has 2 aromatic carbocycles. The molecular formula is C20H23NO4. The molecule has 0 aliphatic carbocycles. The highest BCUT2D eigenvalue weighted by Crippen LogP contribution is 2.38. The number of hydrogen-bond acceptors (Lipinski definition) is 4. The average molecular weight is 341 g/mol. The third kappa shape index (κ3) is 3.55. The lowest BCUT2D eigenvalue weighted by Crippen LogP contribution is -2.37. The fourth-order valence-corrected chi connectivity index (χ4v) is 3.34. The quantitative estimate of drug-likeness (QED) is 0.926. The van der Waals surface area contributed by atoms with Gasteiger partial charge in [-0.15, -0.1) is 0 Å². The standard InChI is InChI=1S/C20H23NO4/c1-24-17-12-16(13-18(25-2)19(17)22)20(23)21-10-8-15(9-11-21)14-6-4-3-5-7-14/h3-7,12-13,15,22H,8-11H2,1-2H3. The molecule has 0 atom stereocenters. The SMILES string of the molecule is COc1cc(C(=O)N2CCC(c3ccccc3)CC2)cc(OC)c1O. The Bertz CT molecular complexity index is 712. The highest BCUT2D eigenvalue weighted by molar-refractivity contribution is 5.95. The summed E-state index contributed by atoms with van der Waals surface area (Å²) in [6, 6.07) is 13.6. The summed E-state index contributed by atoms with van der Waals surface area (Å²) in [5.41, 5.74) is 1.80. The van der Waals surface area contributed by atoms with Crippen molar-refractivity contribution >= 4 is 5.91 Å². The van der Waals surface area contributed by atoms with Gasteiger partial charge in [0.25, 0.3) is 5.91 Å². The van der Waals surface area contributed by atoms with Gasteiger partial charge in [-0.2, -0.15) is 0 Å². The summed E-state index contributed by atoms with van der Waals surface area (Å²) in [6.45, 7) is 1.42. The first kappa shape index (κ1) is 17.1. The molecule has 1 fully saturated rings. The van der Waals surface area contributed by atoms with Gasteiger partial charge in [0.15, 0.2) is 11.5 Å². The molecule has 5 nitrogen and oxygen atoms in total. The molecule has 0 spiro atoms. The summed E-state index contributed by atoms with van der Waals surface area (Å²) in [7, 11) is 2.90. The van der Waals surface area contributed by atoms with Gasteiger partial charge >= 0.3 is 0 Å². The van der Waals surface area contributed by atoms with Gasteiger partial charge in [-0.3, -0.25) is 4.79 Å². The molecule has 1 aliphatic rings. The Morgan fingerprint density at radius 2 is 1.60 bits per heavy atom. The second kappa shape index (κ2) is 7.47. The van der Waals surface area contributed by atoms with Crippen LogP contribution in [0, 0.1) is 0 Å². The molecule has 1 N–H and O–H groups in total. The molecule has 1 saturated heterocycles. The van der Waals surface area contributed by atoms with Crippen LogP contribution in [-0.2, 0) is 0 Å². The van der Waals surface area contributed by atoms with Crippen LogP contribution < -0.4 is 9.47 Å². The van der Waals surface area contributed by atoms with E-state index in [-0.39, 0.29) is 23.2 Å². The van der Waals surface area contributed by atoms with Crippen molar-refractivity contribution in [1.29, 1.82) is 0 Å². The van der Waals surface area contributed by atoms with E-state index in [0.29, 0.717) is 24.6 Å². The maximum atomic E-state index is 12.8. The second-order valence-corrected chi connectivity index (χ2v) is 6.21. The number of hydrogen-bond donors (Lipinski definition) is 1. The summed E-state index contributed by atoms with van der Waals surface area (Å²) in [5.74, 6) is 0.810. The van der Waals surface area contributed by atoms with Gasteiger partial charge in [-0.1, -0.05) is 30.3 Å². The highest BCUT2D eigenvalue weighted by atomic mass is 16.5. The van der Waals surface area contributed by atoms with E-state index in [1.807, 2.05) is 11.0 Å². The third-order valence-electron chi connectivity index (χ3n) is 4.78. The van der Waals surface area contributed by atoms with Gasteiger partial charge in [0.05, 0.1) is 14.2 Å². The molecular weight excluding hydrogens is 318 g/mol. The van der Waals surface area contributed by atoms with Crippen molar-refractivity contribution in [3.63, 3.8) is 0 Å². The number of ether oxygens (including phenoxy) is 2. The maximum absolute atomic E-state index is 12.8. The fraction of sp³-hybridized carbons (Fsp3) is 0.350. The number of likely N-dealkylation sites (tertiary alicyclic amines) is 1. The second-order valence-electron chi connectivity index (χ2n) is 6.21. The minimum atomic E-state index is -0.0932. The summed E-state index contributed by atoms with van der Waals surface area (Å²) in [4.78, 5) is 14.7. The van der Waals surface area contributed by atoms with E-state index in [4.69, 9.17) is 9.47 Å². The molecule has 3 rings (SSSR count). The maximum Gasteiger partial charge on any atom is 0.254 e. The van der Waals surface area contributed by atoms with Crippen molar-refractivity contribution in [1.82, 2.24) is 4.90 Å². The van der Waals surface area contributed by atoms with Crippen molar-refractivity contribution in [3.05, 3.63) is 53.6 Å². The number of phenols is 1. The van der Waals surface area contributed by atoms with Gasteiger partial charge in [0.2, 0.25) is 5.75 Å². The summed E-state index contributed by atoms with van der Waals surface area (Å²) >= 11 is 0. The zero-order valence-corrected chi connectivity index (χ0v) is 14.6. The topological polar surface area (TPSA) is 59.0 Å². The Labute approximate surface area is 147 Å². The first-order valence-corrected chi connectivity index (χ1v) is 8.43. The Hall–Kier alpha value is -2.69. The van der Waals surface area contributed by atoms with Crippen molar-refractivity contribution in [3.8, 4) is 17.2 Å². The molecule has 0 saturated carbocycles. The van der Waals surface area contributed by atoms with Crippen LogP contribution >= 0.6 is 0 Å². The van der Waals surface area contributed by atoms with Crippen LogP contribution in [0.1, 0.15) is 34.7 Å². The molecule has 1 aliphatic heterocycles. The summed E-state index contributed by atoms with van der Waals surface area (Å²) < 4.78 is 10.3. The van der Waals surface area contributed by atoms with E-state index < -0.39 is 0 Å². The van der Waals surface area contributed by atoms with Gasteiger partial charge in [-0.05, 0) is 36.5 Å². The van der Waals surface area contributed by atoms with E-state index in [9.17, 15) is 9.90 Å². The van der Waals surface area contributed by atoms with Crippen LogP contribution in [0.2, 0.25) is 0 Å². The number of piperidine rings is 1. The van der Waals surface area contributed by atoms with Gasteiger partial charge in [-0.25, -0.2) is 0 Å². The van der Waals surface area contributed by atoms with Crippen molar-refractivity contribution < 1.29 is 19.4 Å². The molecule has 25 heavy (non-hydrogen) atoms. The van der Waals surface area contributed by atoms with Crippen LogP contribution in [0.3, 0.4) is 0 Å².